The second kappa shape index (κ2) is 4.93. The van der Waals surface area contributed by atoms with Crippen molar-refractivity contribution >= 4 is 50.5 Å². The lowest BCUT2D eigenvalue weighted by Gasteiger charge is -2.04. The average Bonchev–Trinajstić information content (AvgIpc) is 2.88. The molecule has 0 amide bonds. The largest absolute Gasteiger partial charge is 0.288 e. The van der Waals surface area contributed by atoms with Gasteiger partial charge in [-0.1, -0.05) is 29.3 Å². The first-order valence-electron chi connectivity index (χ1n) is 5.49. The van der Waals surface area contributed by atoms with Crippen molar-refractivity contribution in [2.24, 2.45) is 0 Å². The molecule has 0 bridgehead atoms. The van der Waals surface area contributed by atoms with Gasteiger partial charge in [-0.25, -0.2) is 0 Å². The van der Waals surface area contributed by atoms with Gasteiger partial charge in [0.25, 0.3) is 0 Å². The first kappa shape index (κ1) is 12.6. The topological polar surface area (TPSA) is 30.0 Å². The van der Waals surface area contributed by atoms with E-state index in [4.69, 9.17) is 23.2 Å². The highest BCUT2D eigenvalue weighted by atomic mass is 35.5. The Morgan fingerprint density at radius 3 is 2.89 bits per heavy atom. The van der Waals surface area contributed by atoms with Crippen LogP contribution in [-0.4, -0.2) is 10.8 Å². The molecule has 1 aromatic carbocycles. The fourth-order valence-electron chi connectivity index (χ4n) is 1.81. The molecule has 0 saturated heterocycles. The lowest BCUT2D eigenvalue weighted by molar-refractivity contribution is 0.103. The number of fused-ring (bicyclic) bond motifs is 1. The van der Waals surface area contributed by atoms with Crippen molar-refractivity contribution in [1.29, 1.82) is 0 Å². The fourth-order valence-corrected chi connectivity index (χ4v) is 2.97. The van der Waals surface area contributed by atoms with Gasteiger partial charge < -0.3 is 0 Å². The summed E-state index contributed by atoms with van der Waals surface area (Å²) >= 11 is 13.5. The zero-order valence-corrected chi connectivity index (χ0v) is 11.9. The number of hydrogen-bond donors (Lipinski definition) is 0. The Morgan fingerprint density at radius 2 is 2.05 bits per heavy atom. The molecule has 5 heteroatoms. The van der Waals surface area contributed by atoms with Crippen LogP contribution in [0.5, 0.6) is 0 Å². The average molecular weight is 308 g/mol. The third kappa shape index (κ3) is 2.25. The van der Waals surface area contributed by atoms with Gasteiger partial charge in [0.15, 0.2) is 5.78 Å². The monoisotopic (exact) mass is 307 g/mol. The molecule has 0 unspecified atom stereocenters. The Bertz CT molecular complexity index is 782. The van der Waals surface area contributed by atoms with Gasteiger partial charge in [0.2, 0.25) is 0 Å². The lowest BCUT2D eigenvalue weighted by Crippen LogP contribution is -2.02. The molecule has 2 heterocycles. The standard InChI is InChI=1S/C14H7Cl2NOS/c15-10-3-1-2-9(13(10)16)14(18)8-6-12-11(17-7-8)4-5-19-12/h1-7H. The number of hydrogen-bond acceptors (Lipinski definition) is 3. The van der Waals surface area contributed by atoms with Crippen LogP contribution in [0.15, 0.2) is 41.9 Å². The van der Waals surface area contributed by atoms with Gasteiger partial charge in [-0.2, -0.15) is 0 Å². The van der Waals surface area contributed by atoms with Gasteiger partial charge in [0.05, 0.1) is 20.3 Å². The van der Waals surface area contributed by atoms with Crippen LogP contribution in [0.4, 0.5) is 0 Å². The Kier molecular flexibility index (Phi) is 3.27. The Labute approximate surface area is 123 Å². The van der Waals surface area contributed by atoms with Crippen molar-refractivity contribution in [1.82, 2.24) is 4.98 Å². The van der Waals surface area contributed by atoms with E-state index in [9.17, 15) is 4.79 Å². The summed E-state index contributed by atoms with van der Waals surface area (Å²) in [5.74, 6) is -0.171. The van der Waals surface area contributed by atoms with Gasteiger partial charge in [-0.15, -0.1) is 11.3 Å². The smallest absolute Gasteiger partial charge is 0.196 e. The molecule has 0 aliphatic heterocycles. The van der Waals surface area contributed by atoms with Crippen molar-refractivity contribution in [3.63, 3.8) is 0 Å². The third-order valence-electron chi connectivity index (χ3n) is 2.76. The van der Waals surface area contributed by atoms with Gasteiger partial charge in [-0.3, -0.25) is 9.78 Å². The molecule has 2 nitrogen and oxygen atoms in total. The van der Waals surface area contributed by atoms with E-state index < -0.39 is 0 Å². The molecule has 0 aliphatic carbocycles. The lowest BCUT2D eigenvalue weighted by atomic mass is 10.0. The molecular weight excluding hydrogens is 301 g/mol. The quantitative estimate of drug-likeness (QED) is 0.634. The van der Waals surface area contributed by atoms with E-state index in [0.717, 1.165) is 10.2 Å². The number of nitrogens with zero attached hydrogens (tertiary/aromatic N) is 1. The zero-order valence-electron chi connectivity index (χ0n) is 9.56. The highest BCUT2D eigenvalue weighted by Gasteiger charge is 2.15. The predicted molar refractivity (Wildman–Crippen MR) is 79.5 cm³/mol. The first-order chi connectivity index (χ1) is 9.16. The van der Waals surface area contributed by atoms with Gasteiger partial charge >= 0.3 is 0 Å². The summed E-state index contributed by atoms with van der Waals surface area (Å²) in [6.45, 7) is 0. The molecule has 3 rings (SSSR count). The molecule has 0 saturated carbocycles. The predicted octanol–water partition coefficient (Wildman–Crippen LogP) is 4.83. The molecule has 0 radical (unpaired) electrons. The molecule has 0 spiro atoms. The van der Waals surface area contributed by atoms with Crippen molar-refractivity contribution in [2.75, 3.05) is 0 Å². The molecule has 0 fully saturated rings. The summed E-state index contributed by atoms with van der Waals surface area (Å²) < 4.78 is 0.976. The summed E-state index contributed by atoms with van der Waals surface area (Å²) in [6, 6.07) is 8.77. The van der Waals surface area contributed by atoms with E-state index in [0.29, 0.717) is 16.1 Å². The van der Waals surface area contributed by atoms with Crippen LogP contribution in [-0.2, 0) is 0 Å². The second-order valence-electron chi connectivity index (χ2n) is 3.96. The summed E-state index contributed by atoms with van der Waals surface area (Å²) in [5.41, 5.74) is 1.80. The maximum Gasteiger partial charge on any atom is 0.196 e. The van der Waals surface area contributed by atoms with E-state index in [1.165, 1.54) is 0 Å². The van der Waals surface area contributed by atoms with E-state index in [-0.39, 0.29) is 10.8 Å². The molecule has 3 aromatic rings. The molecule has 94 valence electrons. The Morgan fingerprint density at radius 1 is 1.21 bits per heavy atom. The van der Waals surface area contributed by atoms with Crippen LogP contribution in [0.3, 0.4) is 0 Å². The van der Waals surface area contributed by atoms with Crippen molar-refractivity contribution in [3.05, 3.63) is 63.1 Å². The fraction of sp³-hybridized carbons (Fsp3) is 0. The number of aromatic nitrogens is 1. The number of ketones is 1. The number of thiophene rings is 1. The molecular formula is C14H7Cl2NOS. The second-order valence-corrected chi connectivity index (χ2v) is 5.69. The maximum atomic E-state index is 12.4. The van der Waals surface area contributed by atoms with E-state index in [1.54, 1.807) is 35.7 Å². The minimum Gasteiger partial charge on any atom is -0.288 e. The van der Waals surface area contributed by atoms with Crippen molar-refractivity contribution in [3.8, 4) is 0 Å². The number of carbonyl (C=O) groups excluding carboxylic acids is 1. The Balaban J connectivity index is 2.10. The highest BCUT2D eigenvalue weighted by Crippen LogP contribution is 2.28. The van der Waals surface area contributed by atoms with Crippen molar-refractivity contribution < 1.29 is 4.79 Å². The number of pyridine rings is 1. The summed E-state index contributed by atoms with van der Waals surface area (Å²) in [6.07, 6.45) is 1.56. The van der Waals surface area contributed by atoms with E-state index in [2.05, 4.69) is 4.98 Å². The van der Waals surface area contributed by atoms with Crippen LogP contribution >= 0.6 is 34.5 Å². The number of carbonyl (C=O) groups is 1. The minimum absolute atomic E-state index is 0.171. The molecule has 0 aliphatic rings. The first-order valence-corrected chi connectivity index (χ1v) is 7.12. The molecule has 19 heavy (non-hydrogen) atoms. The van der Waals surface area contributed by atoms with Crippen LogP contribution in [0, 0.1) is 0 Å². The molecule has 2 aromatic heterocycles. The zero-order chi connectivity index (χ0) is 13.4. The minimum atomic E-state index is -0.171. The normalized spacial score (nSPS) is 10.8. The van der Waals surface area contributed by atoms with Crippen LogP contribution in [0.2, 0.25) is 10.0 Å². The summed E-state index contributed by atoms with van der Waals surface area (Å²) in [5, 5.41) is 2.59. The van der Waals surface area contributed by atoms with E-state index in [1.807, 2.05) is 17.5 Å². The SMILES string of the molecule is O=C(c1cnc2ccsc2c1)c1cccc(Cl)c1Cl. The van der Waals surface area contributed by atoms with Gasteiger partial charge in [0, 0.05) is 17.3 Å². The van der Waals surface area contributed by atoms with Gasteiger partial charge in [0.1, 0.15) is 0 Å². The number of benzene rings is 1. The number of halogens is 2. The Hall–Kier alpha value is -1.42. The van der Waals surface area contributed by atoms with Crippen LogP contribution < -0.4 is 0 Å². The van der Waals surface area contributed by atoms with Crippen molar-refractivity contribution in [2.45, 2.75) is 0 Å². The molecule has 0 atom stereocenters. The molecule has 0 N–H and O–H groups in total. The van der Waals surface area contributed by atoms with Crippen LogP contribution in [0.1, 0.15) is 15.9 Å². The third-order valence-corrected chi connectivity index (χ3v) is 4.43. The van der Waals surface area contributed by atoms with Crippen LogP contribution in [0.25, 0.3) is 10.2 Å². The number of rotatable bonds is 2. The van der Waals surface area contributed by atoms with E-state index >= 15 is 0 Å². The summed E-state index contributed by atoms with van der Waals surface area (Å²) in [7, 11) is 0. The highest BCUT2D eigenvalue weighted by molar-refractivity contribution is 7.17. The van der Waals surface area contributed by atoms with Gasteiger partial charge in [-0.05, 0) is 29.6 Å². The summed E-state index contributed by atoms with van der Waals surface area (Å²) in [4.78, 5) is 16.7. The maximum absolute atomic E-state index is 12.4.